The summed E-state index contributed by atoms with van der Waals surface area (Å²) in [5.41, 5.74) is 2.14. The molecule has 7 nitrogen and oxygen atoms in total. The van der Waals surface area contributed by atoms with Gasteiger partial charge in [-0.25, -0.2) is 4.39 Å². The summed E-state index contributed by atoms with van der Waals surface area (Å²) in [5, 5.41) is 25.1. The number of benzene rings is 3. The topological polar surface area (TPSA) is 107 Å². The van der Waals surface area contributed by atoms with Crippen molar-refractivity contribution in [3.63, 3.8) is 0 Å². The van der Waals surface area contributed by atoms with E-state index in [2.05, 4.69) is 10.6 Å². The average molecular weight is 454 g/mol. The molecule has 3 aromatic carbocycles. The van der Waals surface area contributed by atoms with Gasteiger partial charge in [-0.05, 0) is 60.7 Å². The standard InChI is InChI=1S/C26H19FN4O3/c27-19-5-7-20(8-6-19)29-25(33)16-31-15-18(23-3-1-2-4-24(23)31)13-17(14-28)26(34)30-21-9-11-22(32)12-10-21/h1-13,15,32H,16H2,(H,29,33)(H,30,34). The summed E-state index contributed by atoms with van der Waals surface area (Å²) in [6, 6.07) is 20.6. The van der Waals surface area contributed by atoms with E-state index in [-0.39, 0.29) is 23.8 Å². The van der Waals surface area contributed by atoms with E-state index < -0.39 is 11.7 Å². The number of carbonyl (C=O) groups is 2. The monoisotopic (exact) mass is 454 g/mol. The Balaban J connectivity index is 1.58. The molecule has 34 heavy (non-hydrogen) atoms. The van der Waals surface area contributed by atoms with Crippen LogP contribution < -0.4 is 10.6 Å². The number of hydrogen-bond acceptors (Lipinski definition) is 4. The summed E-state index contributed by atoms with van der Waals surface area (Å²) in [5.74, 6) is -1.24. The lowest BCUT2D eigenvalue weighted by Crippen LogP contribution is -2.18. The zero-order chi connectivity index (χ0) is 24.1. The number of amides is 2. The number of nitriles is 1. The van der Waals surface area contributed by atoms with E-state index in [1.807, 2.05) is 30.3 Å². The molecule has 0 fully saturated rings. The van der Waals surface area contributed by atoms with Crippen molar-refractivity contribution in [2.75, 3.05) is 10.6 Å². The maximum absolute atomic E-state index is 13.1. The first kappa shape index (κ1) is 22.3. The lowest BCUT2D eigenvalue weighted by atomic mass is 10.1. The molecule has 1 aromatic heterocycles. The zero-order valence-electron chi connectivity index (χ0n) is 17.8. The number of nitrogens with one attached hydrogen (secondary N) is 2. The Morgan fingerprint density at radius 3 is 2.32 bits per heavy atom. The zero-order valence-corrected chi connectivity index (χ0v) is 17.8. The minimum atomic E-state index is -0.598. The average Bonchev–Trinajstić information content (AvgIpc) is 3.17. The Morgan fingerprint density at radius 1 is 0.971 bits per heavy atom. The second kappa shape index (κ2) is 9.71. The molecule has 8 heteroatoms. The highest BCUT2D eigenvalue weighted by molar-refractivity contribution is 6.10. The van der Waals surface area contributed by atoms with Crippen LogP contribution in [-0.2, 0) is 16.1 Å². The summed E-state index contributed by atoms with van der Waals surface area (Å²) in [6.07, 6.45) is 3.16. The summed E-state index contributed by atoms with van der Waals surface area (Å²) in [7, 11) is 0. The summed E-state index contributed by atoms with van der Waals surface area (Å²) in [4.78, 5) is 25.2. The predicted molar refractivity (Wildman–Crippen MR) is 127 cm³/mol. The summed E-state index contributed by atoms with van der Waals surface area (Å²) >= 11 is 0. The highest BCUT2D eigenvalue weighted by atomic mass is 19.1. The number of anilines is 2. The van der Waals surface area contributed by atoms with Crippen LogP contribution in [0.3, 0.4) is 0 Å². The Kier molecular flexibility index (Phi) is 6.37. The number of fused-ring (bicyclic) bond motifs is 1. The lowest BCUT2D eigenvalue weighted by Gasteiger charge is -2.07. The highest BCUT2D eigenvalue weighted by Gasteiger charge is 2.14. The van der Waals surface area contributed by atoms with Crippen LogP contribution in [0.25, 0.3) is 17.0 Å². The van der Waals surface area contributed by atoms with Gasteiger partial charge in [-0.3, -0.25) is 9.59 Å². The van der Waals surface area contributed by atoms with Gasteiger partial charge in [0.1, 0.15) is 29.8 Å². The van der Waals surface area contributed by atoms with Crippen molar-refractivity contribution < 1.29 is 19.1 Å². The Hall–Kier alpha value is -4.90. The van der Waals surface area contributed by atoms with E-state index >= 15 is 0 Å². The van der Waals surface area contributed by atoms with Crippen LogP contribution in [0.1, 0.15) is 5.56 Å². The van der Waals surface area contributed by atoms with Crippen LogP contribution in [0.15, 0.2) is 84.6 Å². The first-order valence-electron chi connectivity index (χ1n) is 10.3. The van der Waals surface area contributed by atoms with Crippen molar-refractivity contribution in [2.45, 2.75) is 6.54 Å². The molecular formula is C26H19FN4O3. The molecule has 4 rings (SSSR count). The smallest absolute Gasteiger partial charge is 0.266 e. The van der Waals surface area contributed by atoms with Crippen molar-refractivity contribution >= 4 is 40.2 Å². The van der Waals surface area contributed by atoms with E-state index in [1.54, 1.807) is 10.8 Å². The molecule has 0 bridgehead atoms. The van der Waals surface area contributed by atoms with Crippen LogP contribution in [-0.4, -0.2) is 21.5 Å². The minimum Gasteiger partial charge on any atom is -0.508 e. The van der Waals surface area contributed by atoms with Gasteiger partial charge in [0.05, 0.1) is 0 Å². The van der Waals surface area contributed by atoms with Gasteiger partial charge in [-0.2, -0.15) is 5.26 Å². The molecule has 0 saturated carbocycles. The van der Waals surface area contributed by atoms with Crippen molar-refractivity contribution in [2.24, 2.45) is 0 Å². The first-order chi connectivity index (χ1) is 16.4. The normalized spacial score (nSPS) is 11.1. The lowest BCUT2D eigenvalue weighted by molar-refractivity contribution is -0.116. The van der Waals surface area contributed by atoms with E-state index in [9.17, 15) is 24.3 Å². The van der Waals surface area contributed by atoms with Crippen LogP contribution in [0, 0.1) is 17.1 Å². The van der Waals surface area contributed by atoms with E-state index in [1.165, 1.54) is 54.6 Å². The number of phenolic OH excluding ortho intramolecular Hbond substituents is 1. The number of carbonyl (C=O) groups excluding carboxylic acids is 2. The van der Waals surface area contributed by atoms with Crippen molar-refractivity contribution in [1.29, 1.82) is 5.26 Å². The Morgan fingerprint density at radius 2 is 1.62 bits per heavy atom. The van der Waals surface area contributed by atoms with Crippen LogP contribution >= 0.6 is 0 Å². The number of halogens is 1. The van der Waals surface area contributed by atoms with Gasteiger partial charge in [-0.1, -0.05) is 18.2 Å². The van der Waals surface area contributed by atoms with Gasteiger partial charge in [0.15, 0.2) is 0 Å². The predicted octanol–water partition coefficient (Wildman–Crippen LogP) is 4.67. The van der Waals surface area contributed by atoms with Crippen molar-refractivity contribution in [3.05, 3.63) is 95.9 Å². The minimum absolute atomic E-state index is 0.0205. The molecule has 1 heterocycles. The first-order valence-corrected chi connectivity index (χ1v) is 10.3. The number of phenols is 1. The van der Waals surface area contributed by atoms with Gasteiger partial charge in [0.2, 0.25) is 5.91 Å². The third-order valence-electron chi connectivity index (χ3n) is 5.05. The number of para-hydroxylation sites is 1. The fraction of sp³-hybridized carbons (Fsp3) is 0.0385. The molecule has 2 amide bonds. The van der Waals surface area contributed by atoms with Crippen molar-refractivity contribution in [3.8, 4) is 11.8 Å². The van der Waals surface area contributed by atoms with Crippen LogP contribution in [0.5, 0.6) is 5.75 Å². The SMILES string of the molecule is N#CC(=Cc1cn(CC(=O)Nc2ccc(F)cc2)c2ccccc12)C(=O)Nc1ccc(O)cc1. The molecule has 0 aliphatic carbocycles. The number of nitrogens with zero attached hydrogens (tertiary/aromatic N) is 2. The largest absolute Gasteiger partial charge is 0.508 e. The molecule has 0 unspecified atom stereocenters. The van der Waals surface area contributed by atoms with Gasteiger partial charge in [0.25, 0.3) is 5.91 Å². The van der Waals surface area contributed by atoms with Gasteiger partial charge in [0, 0.05) is 34.0 Å². The maximum atomic E-state index is 13.1. The molecule has 0 spiro atoms. The third-order valence-corrected chi connectivity index (χ3v) is 5.05. The second-order valence-electron chi connectivity index (χ2n) is 7.46. The maximum Gasteiger partial charge on any atom is 0.266 e. The Bertz CT molecular complexity index is 1430. The second-order valence-corrected chi connectivity index (χ2v) is 7.46. The molecule has 0 aliphatic rings. The molecule has 0 atom stereocenters. The molecule has 4 aromatic rings. The van der Waals surface area contributed by atoms with E-state index in [0.717, 1.165) is 10.9 Å². The van der Waals surface area contributed by atoms with Gasteiger partial charge in [-0.15, -0.1) is 0 Å². The fourth-order valence-corrected chi connectivity index (χ4v) is 3.46. The van der Waals surface area contributed by atoms with E-state index in [4.69, 9.17) is 0 Å². The molecule has 0 radical (unpaired) electrons. The Labute approximate surface area is 194 Å². The third kappa shape index (κ3) is 5.11. The quantitative estimate of drug-likeness (QED) is 0.224. The van der Waals surface area contributed by atoms with Gasteiger partial charge < -0.3 is 20.3 Å². The number of aromatic nitrogens is 1. The molecular weight excluding hydrogens is 435 g/mol. The summed E-state index contributed by atoms with van der Waals surface area (Å²) in [6.45, 7) is -0.0205. The van der Waals surface area contributed by atoms with Crippen LogP contribution in [0.4, 0.5) is 15.8 Å². The number of hydrogen-bond donors (Lipinski definition) is 3. The van der Waals surface area contributed by atoms with E-state index in [0.29, 0.717) is 16.9 Å². The fourth-order valence-electron chi connectivity index (χ4n) is 3.46. The van der Waals surface area contributed by atoms with Gasteiger partial charge >= 0.3 is 0 Å². The van der Waals surface area contributed by atoms with Crippen molar-refractivity contribution in [1.82, 2.24) is 4.57 Å². The highest BCUT2D eigenvalue weighted by Crippen LogP contribution is 2.24. The molecule has 3 N–H and O–H groups in total. The molecule has 0 aliphatic heterocycles. The number of aromatic hydroxyl groups is 1. The number of rotatable bonds is 6. The molecule has 168 valence electrons. The molecule has 0 saturated heterocycles. The van der Waals surface area contributed by atoms with Crippen LogP contribution in [0.2, 0.25) is 0 Å². The summed E-state index contributed by atoms with van der Waals surface area (Å²) < 4.78 is 14.8.